The Morgan fingerprint density at radius 1 is 1.00 bits per heavy atom. The van der Waals surface area contributed by atoms with Gasteiger partial charge in [-0.05, 0) is 24.3 Å². The number of rotatable bonds is 4. The average Bonchev–Trinajstić information content (AvgIpc) is 2.78. The van der Waals surface area contributed by atoms with Crippen LogP contribution in [0.3, 0.4) is 0 Å². The first-order valence-corrected chi connectivity index (χ1v) is 10.4. The first kappa shape index (κ1) is 21.7. The van der Waals surface area contributed by atoms with Gasteiger partial charge in [0.1, 0.15) is 34.2 Å². The molecule has 32 heavy (non-hydrogen) atoms. The highest BCUT2D eigenvalue weighted by molar-refractivity contribution is 6.03. The number of hydrogen-bond acceptors (Lipinski definition) is 7. The van der Waals surface area contributed by atoms with Crippen LogP contribution in [0.4, 0.5) is 0 Å². The van der Waals surface area contributed by atoms with Gasteiger partial charge in [-0.25, -0.2) is 0 Å². The van der Waals surface area contributed by atoms with Gasteiger partial charge >= 0.3 is 5.97 Å². The molecule has 0 aromatic heterocycles. The van der Waals surface area contributed by atoms with Crippen molar-refractivity contribution < 1.29 is 33.3 Å². The molecule has 2 aliphatic heterocycles. The molecule has 8 heteroatoms. The largest absolute Gasteiger partial charge is 0.496 e. The minimum Gasteiger partial charge on any atom is -0.496 e. The number of amides is 1. The molecule has 2 aromatic carbocycles. The van der Waals surface area contributed by atoms with E-state index in [0.29, 0.717) is 60.1 Å². The maximum atomic E-state index is 13.0. The van der Waals surface area contributed by atoms with E-state index in [1.165, 1.54) is 14.0 Å². The maximum absolute atomic E-state index is 13.0. The lowest BCUT2D eigenvalue weighted by atomic mass is 9.82. The van der Waals surface area contributed by atoms with Gasteiger partial charge in [-0.2, -0.15) is 0 Å². The summed E-state index contributed by atoms with van der Waals surface area (Å²) in [6.07, 6.45) is 1.31. The minimum absolute atomic E-state index is 0.0356. The Hall–Kier alpha value is -3.55. The van der Waals surface area contributed by atoms with Crippen LogP contribution in [0.25, 0.3) is 0 Å². The van der Waals surface area contributed by atoms with Crippen LogP contribution in [-0.4, -0.2) is 55.5 Å². The van der Waals surface area contributed by atoms with Crippen molar-refractivity contribution in [1.29, 1.82) is 0 Å². The molecule has 0 atom stereocenters. The van der Waals surface area contributed by atoms with E-state index < -0.39 is 11.6 Å². The normalized spacial score (nSPS) is 16.7. The number of likely N-dealkylation sites (tertiary alicyclic amines) is 1. The van der Waals surface area contributed by atoms with E-state index in [4.69, 9.17) is 18.9 Å². The zero-order valence-corrected chi connectivity index (χ0v) is 18.3. The quantitative estimate of drug-likeness (QED) is 0.533. The Kier molecular flexibility index (Phi) is 5.78. The first-order valence-electron chi connectivity index (χ1n) is 10.4. The second-order valence-electron chi connectivity index (χ2n) is 8.00. The summed E-state index contributed by atoms with van der Waals surface area (Å²) in [5, 5.41) is 0. The van der Waals surface area contributed by atoms with Gasteiger partial charge in [-0.3, -0.25) is 14.4 Å². The van der Waals surface area contributed by atoms with Crippen LogP contribution in [0, 0.1) is 0 Å². The summed E-state index contributed by atoms with van der Waals surface area (Å²) in [6, 6.07) is 9.85. The Morgan fingerprint density at radius 2 is 1.69 bits per heavy atom. The molecule has 4 rings (SSSR count). The molecule has 0 aliphatic carbocycles. The van der Waals surface area contributed by atoms with Crippen LogP contribution in [0.1, 0.15) is 46.9 Å². The molecule has 8 nitrogen and oxygen atoms in total. The molecule has 2 aromatic rings. The lowest BCUT2D eigenvalue weighted by Gasteiger charge is -2.44. The predicted octanol–water partition coefficient (Wildman–Crippen LogP) is 3.27. The van der Waals surface area contributed by atoms with Gasteiger partial charge in [0.2, 0.25) is 0 Å². The summed E-state index contributed by atoms with van der Waals surface area (Å²) in [6.45, 7) is 2.26. The van der Waals surface area contributed by atoms with Crippen molar-refractivity contribution in [1.82, 2.24) is 4.90 Å². The Bertz CT molecular complexity index is 1050. The number of carbonyl (C=O) groups excluding carboxylic acids is 3. The number of hydrogen-bond donors (Lipinski definition) is 0. The predicted molar refractivity (Wildman–Crippen MR) is 115 cm³/mol. The second kappa shape index (κ2) is 8.53. The fourth-order valence-corrected chi connectivity index (χ4v) is 4.26. The van der Waals surface area contributed by atoms with Gasteiger partial charge < -0.3 is 23.8 Å². The molecule has 168 valence electrons. The fraction of sp³-hybridized carbons (Fsp3) is 0.375. The zero-order chi connectivity index (χ0) is 22.9. The molecule has 1 amide bonds. The molecule has 0 saturated carbocycles. The van der Waals surface area contributed by atoms with Crippen LogP contribution in [0.5, 0.6) is 23.0 Å². The number of nitrogens with zero attached hydrogens (tertiary/aromatic N) is 1. The molecule has 0 unspecified atom stereocenters. The number of benzene rings is 2. The van der Waals surface area contributed by atoms with Crippen LogP contribution >= 0.6 is 0 Å². The third kappa shape index (κ3) is 4.12. The van der Waals surface area contributed by atoms with Crippen LogP contribution in [0.2, 0.25) is 0 Å². The molecule has 0 N–H and O–H groups in total. The van der Waals surface area contributed by atoms with Crippen LogP contribution in [0.15, 0.2) is 36.4 Å². The van der Waals surface area contributed by atoms with E-state index in [-0.39, 0.29) is 18.1 Å². The summed E-state index contributed by atoms with van der Waals surface area (Å²) < 4.78 is 22.0. The van der Waals surface area contributed by atoms with E-state index in [9.17, 15) is 14.4 Å². The third-order valence-corrected chi connectivity index (χ3v) is 5.91. The molecule has 2 aliphatic rings. The highest BCUT2D eigenvalue weighted by atomic mass is 16.5. The number of fused-ring (bicyclic) bond motifs is 1. The number of carbonyl (C=O) groups is 3. The van der Waals surface area contributed by atoms with Gasteiger partial charge in [0.25, 0.3) is 5.91 Å². The molecule has 0 bridgehead atoms. The standard InChI is InChI=1S/C24H25NO7/c1-15(26)31-17-6-4-16(5-7-17)23(28)25-10-8-24(9-11-25)14-19(27)22-20(30-3)12-18(29-2)13-21(22)32-24/h4-7,12-13H,8-11,14H2,1-3H3. The van der Waals surface area contributed by atoms with E-state index >= 15 is 0 Å². The van der Waals surface area contributed by atoms with Crippen LogP contribution < -0.4 is 18.9 Å². The molecule has 1 spiro atoms. The minimum atomic E-state index is -0.655. The van der Waals surface area contributed by atoms with Crippen molar-refractivity contribution in [3.05, 3.63) is 47.5 Å². The number of ketones is 1. The average molecular weight is 439 g/mol. The summed E-state index contributed by atoms with van der Waals surface area (Å²) in [7, 11) is 3.06. The fourth-order valence-electron chi connectivity index (χ4n) is 4.26. The molecule has 2 heterocycles. The first-order chi connectivity index (χ1) is 15.3. The topological polar surface area (TPSA) is 91.4 Å². The van der Waals surface area contributed by atoms with Gasteiger partial charge in [-0.15, -0.1) is 0 Å². The summed E-state index contributed by atoms with van der Waals surface area (Å²) in [5.41, 5.74) is 0.292. The number of piperidine rings is 1. The molecular weight excluding hydrogens is 414 g/mol. The van der Waals surface area contributed by atoms with E-state index in [1.807, 2.05) is 0 Å². The van der Waals surface area contributed by atoms with Crippen molar-refractivity contribution in [2.75, 3.05) is 27.3 Å². The number of Topliss-reactive ketones (excluding diaryl/α,β-unsaturated/α-hetero) is 1. The lowest BCUT2D eigenvalue weighted by Crippen LogP contribution is -2.52. The van der Waals surface area contributed by atoms with Crippen molar-refractivity contribution in [2.24, 2.45) is 0 Å². The summed E-state index contributed by atoms with van der Waals surface area (Å²) in [5.74, 6) is 1.28. The van der Waals surface area contributed by atoms with Crippen molar-refractivity contribution in [3.8, 4) is 23.0 Å². The van der Waals surface area contributed by atoms with E-state index in [1.54, 1.807) is 48.4 Å². The number of esters is 1. The van der Waals surface area contributed by atoms with Gasteiger partial charge in [0.05, 0.1) is 20.6 Å². The second-order valence-corrected chi connectivity index (χ2v) is 8.00. The van der Waals surface area contributed by atoms with Gasteiger partial charge in [0, 0.05) is 50.6 Å². The highest BCUT2D eigenvalue weighted by Gasteiger charge is 2.45. The van der Waals surface area contributed by atoms with Gasteiger partial charge in [-0.1, -0.05) is 0 Å². The van der Waals surface area contributed by atoms with E-state index in [2.05, 4.69) is 0 Å². The monoisotopic (exact) mass is 439 g/mol. The molecular formula is C24H25NO7. The van der Waals surface area contributed by atoms with Crippen molar-refractivity contribution in [3.63, 3.8) is 0 Å². The smallest absolute Gasteiger partial charge is 0.308 e. The Labute approximate surface area is 186 Å². The highest BCUT2D eigenvalue weighted by Crippen LogP contribution is 2.44. The SMILES string of the molecule is COc1cc(OC)c2c(c1)OC1(CCN(C(=O)c3ccc(OC(C)=O)cc3)CC1)CC2=O. The zero-order valence-electron chi connectivity index (χ0n) is 18.3. The summed E-state index contributed by atoms with van der Waals surface area (Å²) >= 11 is 0. The molecule has 1 saturated heterocycles. The number of ether oxygens (including phenoxy) is 4. The third-order valence-electron chi connectivity index (χ3n) is 5.91. The van der Waals surface area contributed by atoms with Crippen LogP contribution in [-0.2, 0) is 4.79 Å². The summed E-state index contributed by atoms with van der Waals surface area (Å²) in [4.78, 5) is 38.7. The molecule has 1 fully saturated rings. The number of methoxy groups -OCH3 is 2. The Balaban J connectivity index is 1.47. The molecule has 0 radical (unpaired) electrons. The van der Waals surface area contributed by atoms with E-state index in [0.717, 1.165) is 0 Å². The maximum Gasteiger partial charge on any atom is 0.308 e. The van der Waals surface area contributed by atoms with Crippen molar-refractivity contribution in [2.45, 2.75) is 31.8 Å². The lowest BCUT2D eigenvalue weighted by molar-refractivity contribution is -0.131. The Morgan fingerprint density at radius 3 is 2.28 bits per heavy atom. The van der Waals surface area contributed by atoms with Gasteiger partial charge in [0.15, 0.2) is 5.78 Å². The van der Waals surface area contributed by atoms with Crippen molar-refractivity contribution >= 4 is 17.7 Å².